The van der Waals surface area contributed by atoms with Gasteiger partial charge in [0.2, 0.25) is 0 Å². The van der Waals surface area contributed by atoms with Crippen molar-refractivity contribution < 1.29 is 0 Å². The first-order chi connectivity index (χ1) is 4.24. The van der Waals surface area contributed by atoms with Crippen LogP contribution in [0.1, 0.15) is 5.69 Å². The topological polar surface area (TPSA) is 17.8 Å². The fourth-order valence-electron chi connectivity index (χ4n) is 0.778. The van der Waals surface area contributed by atoms with Crippen molar-refractivity contribution in [3.63, 3.8) is 0 Å². The van der Waals surface area contributed by atoms with Crippen LogP contribution in [0.2, 0.25) is 0 Å². The minimum Gasteiger partial charge on any atom is -0.262 e. The van der Waals surface area contributed by atoms with E-state index in [-0.39, 0.29) is 0 Å². The van der Waals surface area contributed by atoms with E-state index in [0.717, 1.165) is 5.69 Å². The van der Waals surface area contributed by atoms with Gasteiger partial charge in [0.05, 0.1) is 10.7 Å². The lowest BCUT2D eigenvalue weighted by Crippen LogP contribution is -1.90. The third kappa shape index (κ3) is 1.27. The molecule has 3 heteroatoms. The molecule has 9 heavy (non-hydrogen) atoms. The second kappa shape index (κ2) is 2.43. The molecule has 1 heterocycles. The van der Waals surface area contributed by atoms with Crippen LogP contribution in [-0.4, -0.2) is 16.0 Å². The van der Waals surface area contributed by atoms with Crippen molar-refractivity contribution in [1.29, 1.82) is 0 Å². The van der Waals surface area contributed by atoms with E-state index in [1.165, 1.54) is 5.03 Å². The number of rotatable bonds is 1. The quantitative estimate of drug-likeness (QED) is 0.552. The maximum absolute atomic E-state index is 4.18. The normalized spacial score (nSPS) is 10.1. The summed E-state index contributed by atoms with van der Waals surface area (Å²) in [5.41, 5.74) is 1.09. The molecule has 1 aromatic heterocycles. The van der Waals surface area contributed by atoms with Gasteiger partial charge in [-0.25, -0.2) is 0 Å². The first kappa shape index (κ1) is 6.68. The van der Waals surface area contributed by atoms with Gasteiger partial charge in [-0.1, -0.05) is 0 Å². The van der Waals surface area contributed by atoms with Gasteiger partial charge in [0, 0.05) is 7.05 Å². The molecule has 1 aromatic rings. The Morgan fingerprint density at radius 2 is 2.33 bits per heavy atom. The van der Waals surface area contributed by atoms with Gasteiger partial charge in [0.25, 0.3) is 0 Å². The highest BCUT2D eigenvalue weighted by Gasteiger charge is 1.96. The standard InChI is InChI=1S/C6H10N2S/c1-5-4-6(9-3)8(2)7-5/h4H,1-3H3. The molecule has 0 unspecified atom stereocenters. The van der Waals surface area contributed by atoms with Crippen LogP contribution in [0.3, 0.4) is 0 Å². The molecule has 0 aliphatic carbocycles. The fraction of sp³-hybridized carbons (Fsp3) is 0.500. The lowest BCUT2D eigenvalue weighted by atomic mass is 10.5. The van der Waals surface area contributed by atoms with Crippen LogP contribution in [-0.2, 0) is 7.05 Å². The molecule has 0 saturated carbocycles. The minimum atomic E-state index is 1.09. The van der Waals surface area contributed by atoms with E-state index in [2.05, 4.69) is 17.4 Å². The summed E-state index contributed by atoms with van der Waals surface area (Å²) in [5.74, 6) is 0. The van der Waals surface area contributed by atoms with Gasteiger partial charge >= 0.3 is 0 Å². The van der Waals surface area contributed by atoms with Crippen LogP contribution in [0.15, 0.2) is 11.1 Å². The molecule has 50 valence electrons. The van der Waals surface area contributed by atoms with Gasteiger partial charge in [-0.2, -0.15) is 5.10 Å². The molecule has 0 N–H and O–H groups in total. The van der Waals surface area contributed by atoms with Crippen LogP contribution >= 0.6 is 11.8 Å². The first-order valence-electron chi connectivity index (χ1n) is 2.78. The monoisotopic (exact) mass is 142 g/mol. The molecular formula is C6H10N2S. The summed E-state index contributed by atoms with van der Waals surface area (Å²) in [7, 11) is 1.96. The Kier molecular flexibility index (Phi) is 1.81. The molecule has 0 atom stereocenters. The Bertz CT molecular complexity index is 205. The van der Waals surface area contributed by atoms with Crippen molar-refractivity contribution in [3.8, 4) is 0 Å². The van der Waals surface area contributed by atoms with Crippen LogP contribution in [0.4, 0.5) is 0 Å². The highest BCUT2D eigenvalue weighted by molar-refractivity contribution is 7.98. The number of thioether (sulfide) groups is 1. The van der Waals surface area contributed by atoms with Crippen molar-refractivity contribution in [3.05, 3.63) is 11.8 Å². The summed E-state index contributed by atoms with van der Waals surface area (Å²) in [6.07, 6.45) is 2.05. The summed E-state index contributed by atoms with van der Waals surface area (Å²) in [5, 5.41) is 5.39. The number of aromatic nitrogens is 2. The SMILES string of the molecule is CSc1cc(C)nn1C. The summed E-state index contributed by atoms with van der Waals surface area (Å²) < 4.78 is 1.89. The predicted octanol–water partition coefficient (Wildman–Crippen LogP) is 1.45. The van der Waals surface area contributed by atoms with Crippen LogP contribution in [0.5, 0.6) is 0 Å². The minimum absolute atomic E-state index is 1.09. The van der Waals surface area contributed by atoms with Crippen molar-refractivity contribution >= 4 is 11.8 Å². The number of hydrogen-bond donors (Lipinski definition) is 0. The van der Waals surface area contributed by atoms with Crippen LogP contribution in [0.25, 0.3) is 0 Å². The van der Waals surface area contributed by atoms with Crippen LogP contribution in [0, 0.1) is 6.92 Å². The summed E-state index contributed by atoms with van der Waals surface area (Å²) in [6.45, 7) is 2.00. The third-order valence-corrected chi connectivity index (χ3v) is 1.97. The van der Waals surface area contributed by atoms with Crippen molar-refractivity contribution in [2.45, 2.75) is 11.9 Å². The number of hydrogen-bond acceptors (Lipinski definition) is 2. The molecule has 0 fully saturated rings. The Labute approximate surface area is 59.3 Å². The molecular weight excluding hydrogens is 132 g/mol. The molecule has 0 bridgehead atoms. The zero-order chi connectivity index (χ0) is 6.85. The first-order valence-corrected chi connectivity index (χ1v) is 4.01. The van der Waals surface area contributed by atoms with E-state index in [1.54, 1.807) is 11.8 Å². The van der Waals surface area contributed by atoms with Gasteiger partial charge < -0.3 is 0 Å². The van der Waals surface area contributed by atoms with E-state index in [9.17, 15) is 0 Å². The summed E-state index contributed by atoms with van der Waals surface area (Å²) in [6, 6.07) is 2.07. The Hall–Kier alpha value is -0.440. The van der Waals surface area contributed by atoms with Gasteiger partial charge in [0.15, 0.2) is 0 Å². The zero-order valence-electron chi connectivity index (χ0n) is 5.88. The van der Waals surface area contributed by atoms with Gasteiger partial charge in [-0.05, 0) is 19.2 Å². The molecule has 0 aliphatic heterocycles. The maximum Gasteiger partial charge on any atom is 0.0936 e. The van der Waals surface area contributed by atoms with Crippen molar-refractivity contribution in [2.75, 3.05) is 6.26 Å². The molecule has 0 amide bonds. The smallest absolute Gasteiger partial charge is 0.0936 e. The molecule has 0 radical (unpaired) electrons. The largest absolute Gasteiger partial charge is 0.262 e. The maximum atomic E-state index is 4.18. The van der Waals surface area contributed by atoms with E-state index < -0.39 is 0 Å². The van der Waals surface area contributed by atoms with Crippen molar-refractivity contribution in [1.82, 2.24) is 9.78 Å². The molecule has 0 aromatic carbocycles. The summed E-state index contributed by atoms with van der Waals surface area (Å²) in [4.78, 5) is 0. The summed E-state index contributed by atoms with van der Waals surface area (Å²) >= 11 is 1.72. The van der Waals surface area contributed by atoms with Gasteiger partial charge in [-0.3, -0.25) is 4.68 Å². The molecule has 0 spiro atoms. The van der Waals surface area contributed by atoms with Crippen molar-refractivity contribution in [2.24, 2.45) is 7.05 Å². The Balaban J connectivity index is 3.01. The van der Waals surface area contributed by atoms with E-state index >= 15 is 0 Å². The van der Waals surface area contributed by atoms with Gasteiger partial charge in [0.1, 0.15) is 0 Å². The van der Waals surface area contributed by atoms with Crippen LogP contribution < -0.4 is 0 Å². The number of aryl methyl sites for hydroxylation is 2. The lowest BCUT2D eigenvalue weighted by Gasteiger charge is -1.92. The second-order valence-electron chi connectivity index (χ2n) is 1.95. The highest BCUT2D eigenvalue weighted by atomic mass is 32.2. The second-order valence-corrected chi connectivity index (χ2v) is 2.78. The van der Waals surface area contributed by atoms with E-state index in [0.29, 0.717) is 0 Å². The predicted molar refractivity (Wildman–Crippen MR) is 39.7 cm³/mol. The average Bonchev–Trinajstić information content (AvgIpc) is 2.10. The molecule has 2 nitrogen and oxygen atoms in total. The van der Waals surface area contributed by atoms with E-state index in [4.69, 9.17) is 0 Å². The molecule has 0 aliphatic rings. The Morgan fingerprint density at radius 3 is 2.56 bits per heavy atom. The molecule has 1 rings (SSSR count). The zero-order valence-corrected chi connectivity index (χ0v) is 6.70. The molecule has 0 saturated heterocycles. The third-order valence-electron chi connectivity index (χ3n) is 1.17. The number of nitrogens with zero attached hydrogens (tertiary/aromatic N) is 2. The highest BCUT2D eigenvalue weighted by Crippen LogP contribution is 2.13. The van der Waals surface area contributed by atoms with Gasteiger partial charge in [-0.15, -0.1) is 11.8 Å². The fourth-order valence-corrected chi connectivity index (χ4v) is 1.37. The average molecular weight is 142 g/mol. The lowest BCUT2D eigenvalue weighted by molar-refractivity contribution is 0.693. The Morgan fingerprint density at radius 1 is 1.67 bits per heavy atom. The van der Waals surface area contributed by atoms with E-state index in [1.807, 2.05) is 18.7 Å².